The zero-order valence-corrected chi connectivity index (χ0v) is 8.90. The summed E-state index contributed by atoms with van der Waals surface area (Å²) in [7, 11) is 0. The smallest absolute Gasteiger partial charge is 0.0556 e. The van der Waals surface area contributed by atoms with E-state index in [-0.39, 0.29) is 11.6 Å². The number of hydrogen-bond donors (Lipinski definition) is 1. The Balaban J connectivity index is 2.77. The molecule has 0 spiro atoms. The highest BCUT2D eigenvalue weighted by atomic mass is 15.2. The highest BCUT2D eigenvalue weighted by Crippen LogP contribution is 2.35. The normalized spacial score (nSPS) is 37.4. The third-order valence-corrected chi connectivity index (χ3v) is 3.19. The molecule has 1 rings (SSSR count). The van der Waals surface area contributed by atoms with E-state index >= 15 is 0 Å². The Labute approximate surface area is 84.8 Å². The van der Waals surface area contributed by atoms with Gasteiger partial charge in [0.15, 0.2) is 0 Å². The van der Waals surface area contributed by atoms with Crippen LogP contribution in [-0.2, 0) is 0 Å². The van der Waals surface area contributed by atoms with E-state index in [2.05, 4.69) is 16.6 Å². The van der Waals surface area contributed by atoms with Crippen LogP contribution in [0.5, 0.6) is 0 Å². The average Bonchev–Trinajstić information content (AvgIpc) is 2.08. The zero-order chi connectivity index (χ0) is 10.8. The topological polar surface area (TPSA) is 74.8 Å². The molecule has 0 aromatic heterocycles. The molecule has 78 valence electrons. The Bertz CT molecular complexity index is 276. The van der Waals surface area contributed by atoms with Crippen LogP contribution in [0.25, 0.3) is 10.4 Å². The van der Waals surface area contributed by atoms with E-state index in [1.54, 1.807) is 0 Å². The molecule has 1 aliphatic carbocycles. The van der Waals surface area contributed by atoms with Crippen LogP contribution < -0.4 is 5.73 Å². The molecule has 4 nitrogen and oxygen atoms in total. The Morgan fingerprint density at radius 1 is 1.71 bits per heavy atom. The summed E-state index contributed by atoms with van der Waals surface area (Å²) < 4.78 is 0. The van der Waals surface area contributed by atoms with E-state index in [4.69, 9.17) is 11.3 Å². The van der Waals surface area contributed by atoms with Gasteiger partial charge >= 0.3 is 0 Å². The summed E-state index contributed by atoms with van der Waals surface area (Å²) in [4.78, 5) is 2.86. The fraction of sp³-hybridized carbons (Fsp3) is 0.800. The fourth-order valence-electron chi connectivity index (χ4n) is 2.00. The molecule has 0 aliphatic heterocycles. The second kappa shape index (κ2) is 4.03. The maximum Gasteiger partial charge on any atom is 0.0556 e. The molecule has 0 heterocycles. The maximum atomic E-state index is 8.46. The Morgan fingerprint density at radius 2 is 2.36 bits per heavy atom. The molecule has 2 N–H and O–H groups in total. The van der Waals surface area contributed by atoms with Crippen molar-refractivity contribution in [1.29, 1.82) is 0 Å². The molecule has 1 aliphatic rings. The molecule has 0 bridgehead atoms. The van der Waals surface area contributed by atoms with Crippen molar-refractivity contribution in [3.05, 3.63) is 22.6 Å². The first-order valence-corrected chi connectivity index (χ1v) is 4.96. The van der Waals surface area contributed by atoms with E-state index in [1.165, 1.54) is 5.57 Å². The number of hydrogen-bond acceptors (Lipinski definition) is 2. The van der Waals surface area contributed by atoms with Gasteiger partial charge < -0.3 is 5.73 Å². The van der Waals surface area contributed by atoms with Crippen molar-refractivity contribution >= 4 is 0 Å². The number of azide groups is 1. The predicted molar refractivity (Wildman–Crippen MR) is 57.7 cm³/mol. The van der Waals surface area contributed by atoms with Crippen molar-refractivity contribution in [2.45, 2.75) is 44.7 Å². The molecule has 4 heteroatoms. The lowest BCUT2D eigenvalue weighted by molar-refractivity contribution is 0.234. The molecular formula is C10H18N4. The van der Waals surface area contributed by atoms with E-state index in [1.807, 2.05) is 13.8 Å². The van der Waals surface area contributed by atoms with E-state index in [0.717, 1.165) is 19.3 Å². The summed E-state index contributed by atoms with van der Waals surface area (Å²) in [5.41, 5.74) is 15.3. The van der Waals surface area contributed by atoms with Gasteiger partial charge in [0.05, 0.1) is 6.04 Å². The third kappa shape index (κ3) is 2.28. The van der Waals surface area contributed by atoms with Crippen molar-refractivity contribution in [3.8, 4) is 0 Å². The molecule has 1 fully saturated rings. The number of nitrogens with zero attached hydrogens (tertiary/aromatic N) is 3. The van der Waals surface area contributed by atoms with Gasteiger partial charge in [-0.1, -0.05) is 17.3 Å². The van der Waals surface area contributed by atoms with Crippen LogP contribution in [0.1, 0.15) is 33.1 Å². The van der Waals surface area contributed by atoms with Crippen molar-refractivity contribution in [3.63, 3.8) is 0 Å². The monoisotopic (exact) mass is 194 g/mol. The van der Waals surface area contributed by atoms with Gasteiger partial charge in [0.1, 0.15) is 0 Å². The minimum absolute atomic E-state index is 0.0945. The molecule has 0 saturated heterocycles. The molecule has 0 aromatic carbocycles. The van der Waals surface area contributed by atoms with Gasteiger partial charge in [0.25, 0.3) is 0 Å². The highest BCUT2D eigenvalue weighted by molar-refractivity contribution is 5.06. The van der Waals surface area contributed by atoms with E-state index in [0.29, 0.717) is 5.92 Å². The first-order chi connectivity index (χ1) is 6.47. The van der Waals surface area contributed by atoms with Crippen LogP contribution in [-0.4, -0.2) is 11.6 Å². The molecule has 3 atom stereocenters. The summed E-state index contributed by atoms with van der Waals surface area (Å²) in [5, 5.41) is 3.78. The van der Waals surface area contributed by atoms with E-state index < -0.39 is 0 Å². The van der Waals surface area contributed by atoms with Crippen molar-refractivity contribution < 1.29 is 0 Å². The molecule has 1 saturated carbocycles. The molecule has 0 aromatic rings. The molecule has 0 unspecified atom stereocenters. The summed E-state index contributed by atoms with van der Waals surface area (Å²) >= 11 is 0. The summed E-state index contributed by atoms with van der Waals surface area (Å²) in [6.07, 6.45) is 2.79. The third-order valence-electron chi connectivity index (χ3n) is 3.19. The highest BCUT2D eigenvalue weighted by Gasteiger charge is 2.36. The first-order valence-electron chi connectivity index (χ1n) is 4.96. The largest absolute Gasteiger partial charge is 0.325 e. The number of allylic oxidation sites excluding steroid dienone is 1. The summed E-state index contributed by atoms with van der Waals surface area (Å²) in [6, 6.07) is -0.0945. The Hall–Kier alpha value is -0.990. The first kappa shape index (κ1) is 11.1. The van der Waals surface area contributed by atoms with E-state index in [9.17, 15) is 0 Å². The van der Waals surface area contributed by atoms with Gasteiger partial charge in [0, 0.05) is 10.5 Å². The lowest BCUT2D eigenvalue weighted by atomic mass is 9.73. The second-order valence-electron chi connectivity index (χ2n) is 4.54. The van der Waals surface area contributed by atoms with Crippen LogP contribution in [0.15, 0.2) is 17.3 Å². The van der Waals surface area contributed by atoms with Crippen molar-refractivity contribution in [2.24, 2.45) is 16.8 Å². The standard InChI is InChI=1S/C10H18N4/c1-7(2)8-4-5-10(3,11)9(6-8)13-14-12/h8-9H,1,4-6,11H2,2-3H3/t8-,9+,10+/m0/s1. The minimum Gasteiger partial charge on any atom is -0.325 e. The van der Waals surface area contributed by atoms with Crippen LogP contribution in [0.2, 0.25) is 0 Å². The zero-order valence-electron chi connectivity index (χ0n) is 8.90. The van der Waals surface area contributed by atoms with Crippen molar-refractivity contribution in [1.82, 2.24) is 0 Å². The fourth-order valence-corrected chi connectivity index (χ4v) is 2.00. The second-order valence-corrected chi connectivity index (χ2v) is 4.54. The Morgan fingerprint density at radius 3 is 2.86 bits per heavy atom. The van der Waals surface area contributed by atoms with Crippen LogP contribution in [0.3, 0.4) is 0 Å². The van der Waals surface area contributed by atoms with Gasteiger partial charge in [0.2, 0.25) is 0 Å². The van der Waals surface area contributed by atoms with Gasteiger partial charge in [-0.15, -0.1) is 0 Å². The number of nitrogens with two attached hydrogens (primary N) is 1. The lowest BCUT2D eigenvalue weighted by Gasteiger charge is -2.39. The number of rotatable bonds is 2. The van der Waals surface area contributed by atoms with Gasteiger partial charge in [-0.25, -0.2) is 0 Å². The summed E-state index contributed by atoms with van der Waals surface area (Å²) in [6.45, 7) is 7.93. The quantitative estimate of drug-likeness (QED) is 0.312. The Kier molecular flexibility index (Phi) is 3.19. The predicted octanol–water partition coefficient (Wildman–Crippen LogP) is 2.76. The molecule has 0 amide bonds. The SMILES string of the molecule is C=C(C)[C@H]1CC[C@@](C)(N)[C@H](N=[N+]=[N-])C1. The molecule has 0 radical (unpaired) electrons. The molecular weight excluding hydrogens is 176 g/mol. The van der Waals surface area contributed by atoms with Crippen molar-refractivity contribution in [2.75, 3.05) is 0 Å². The average molecular weight is 194 g/mol. The van der Waals surface area contributed by atoms with Crippen LogP contribution in [0, 0.1) is 5.92 Å². The van der Waals surface area contributed by atoms with Gasteiger partial charge in [-0.2, -0.15) is 0 Å². The maximum absolute atomic E-state index is 8.46. The molecule has 14 heavy (non-hydrogen) atoms. The summed E-state index contributed by atoms with van der Waals surface area (Å²) in [5.74, 6) is 0.460. The minimum atomic E-state index is -0.349. The van der Waals surface area contributed by atoms with Gasteiger partial charge in [-0.3, -0.25) is 0 Å². The van der Waals surface area contributed by atoms with Gasteiger partial charge in [-0.05, 0) is 44.6 Å². The van der Waals surface area contributed by atoms with Crippen LogP contribution >= 0.6 is 0 Å². The van der Waals surface area contributed by atoms with Crippen LogP contribution in [0.4, 0.5) is 0 Å². The lowest BCUT2D eigenvalue weighted by Crippen LogP contribution is -2.50.